The summed E-state index contributed by atoms with van der Waals surface area (Å²) in [4.78, 5) is 20.3. The van der Waals surface area contributed by atoms with Crippen molar-refractivity contribution in [2.45, 2.75) is 13.8 Å². The summed E-state index contributed by atoms with van der Waals surface area (Å²) in [5, 5.41) is 7.44. The van der Waals surface area contributed by atoms with E-state index in [-0.39, 0.29) is 11.7 Å². The molecule has 0 atom stereocenters. The lowest BCUT2D eigenvalue weighted by molar-refractivity contribution is -0.144. The molecule has 0 spiro atoms. The quantitative estimate of drug-likeness (QED) is 0.547. The second kappa shape index (κ2) is 9.95. The lowest BCUT2D eigenvalue weighted by atomic mass is 10.1. The number of esters is 1. The summed E-state index contributed by atoms with van der Waals surface area (Å²) in [6, 6.07) is 9.28. The average molecular weight is 456 g/mol. The van der Waals surface area contributed by atoms with Crippen molar-refractivity contribution < 1.29 is 18.3 Å². The van der Waals surface area contributed by atoms with Gasteiger partial charge in [0.05, 0.1) is 18.8 Å². The SMILES string of the molecule is CCOC(=O)CN1CCN(c2cc(C)cc(Nc3ncn(-c4cc(F)cc(F)c4)n3)c2)CC1. The van der Waals surface area contributed by atoms with Crippen LogP contribution >= 0.6 is 0 Å². The fourth-order valence-corrected chi connectivity index (χ4v) is 3.82. The van der Waals surface area contributed by atoms with E-state index in [1.807, 2.05) is 19.1 Å². The summed E-state index contributed by atoms with van der Waals surface area (Å²) in [6.07, 6.45) is 1.40. The molecular formula is C23H26F2N6O2. The van der Waals surface area contributed by atoms with E-state index in [0.29, 0.717) is 19.1 Å². The Kier molecular flexibility index (Phi) is 6.83. The molecule has 1 N–H and O–H groups in total. The third-order valence-corrected chi connectivity index (χ3v) is 5.32. The van der Waals surface area contributed by atoms with Crippen LogP contribution in [0.4, 0.5) is 26.1 Å². The van der Waals surface area contributed by atoms with E-state index in [1.54, 1.807) is 6.92 Å². The summed E-state index contributed by atoms with van der Waals surface area (Å²) < 4.78 is 33.4. The molecule has 0 radical (unpaired) electrons. The molecule has 4 rings (SSSR count). The second-order valence-corrected chi connectivity index (χ2v) is 7.89. The lowest BCUT2D eigenvalue weighted by Gasteiger charge is -2.35. The molecule has 1 saturated heterocycles. The van der Waals surface area contributed by atoms with E-state index >= 15 is 0 Å². The third-order valence-electron chi connectivity index (χ3n) is 5.32. The monoisotopic (exact) mass is 456 g/mol. The van der Waals surface area contributed by atoms with Gasteiger partial charge in [0, 0.05) is 43.6 Å². The van der Waals surface area contributed by atoms with E-state index in [2.05, 4.69) is 31.3 Å². The van der Waals surface area contributed by atoms with Crippen LogP contribution in [0, 0.1) is 18.6 Å². The van der Waals surface area contributed by atoms with Gasteiger partial charge in [-0.05, 0) is 49.7 Å². The van der Waals surface area contributed by atoms with Crippen molar-refractivity contribution in [3.8, 4) is 5.69 Å². The lowest BCUT2D eigenvalue weighted by Crippen LogP contribution is -2.48. The highest BCUT2D eigenvalue weighted by atomic mass is 19.1. The third kappa shape index (κ3) is 5.83. The van der Waals surface area contributed by atoms with Crippen molar-refractivity contribution in [3.63, 3.8) is 0 Å². The normalized spacial score (nSPS) is 14.4. The molecule has 3 aromatic rings. The number of aromatic nitrogens is 3. The highest BCUT2D eigenvalue weighted by molar-refractivity contribution is 5.71. The zero-order valence-corrected chi connectivity index (χ0v) is 18.6. The number of hydrogen-bond acceptors (Lipinski definition) is 7. The average Bonchev–Trinajstić information content (AvgIpc) is 3.22. The van der Waals surface area contributed by atoms with E-state index in [1.165, 1.54) is 23.1 Å². The van der Waals surface area contributed by atoms with Gasteiger partial charge in [-0.2, -0.15) is 4.98 Å². The highest BCUT2D eigenvalue weighted by Gasteiger charge is 2.20. The predicted molar refractivity (Wildman–Crippen MR) is 121 cm³/mol. The fraction of sp³-hybridized carbons (Fsp3) is 0.348. The molecule has 8 nitrogen and oxygen atoms in total. The molecule has 2 aromatic carbocycles. The number of carbonyl (C=O) groups is 1. The van der Waals surface area contributed by atoms with Gasteiger partial charge in [-0.1, -0.05) is 0 Å². The molecule has 1 fully saturated rings. The van der Waals surface area contributed by atoms with Gasteiger partial charge in [0.25, 0.3) is 0 Å². The minimum absolute atomic E-state index is 0.194. The summed E-state index contributed by atoms with van der Waals surface area (Å²) in [6.45, 7) is 7.64. The van der Waals surface area contributed by atoms with Gasteiger partial charge in [-0.15, -0.1) is 5.10 Å². The van der Waals surface area contributed by atoms with Crippen LogP contribution in [0.25, 0.3) is 5.69 Å². The standard InChI is InChI=1S/C23H26F2N6O2/c1-3-33-22(32)14-29-4-6-30(7-5-29)20-9-16(2)8-19(13-20)27-23-26-15-31(28-23)21-11-17(24)10-18(25)12-21/h8-13,15H,3-7,14H2,1-2H3,(H,27,28). The van der Waals surface area contributed by atoms with Crippen LogP contribution < -0.4 is 10.2 Å². The summed E-state index contributed by atoms with van der Waals surface area (Å²) >= 11 is 0. The van der Waals surface area contributed by atoms with Crippen LogP contribution in [0.1, 0.15) is 12.5 Å². The number of benzene rings is 2. The molecule has 0 saturated carbocycles. The van der Waals surface area contributed by atoms with Crippen LogP contribution in [0.3, 0.4) is 0 Å². The van der Waals surface area contributed by atoms with Crippen molar-refractivity contribution in [1.29, 1.82) is 0 Å². The number of ether oxygens (including phenoxy) is 1. The highest BCUT2D eigenvalue weighted by Crippen LogP contribution is 2.25. The Balaban J connectivity index is 1.42. The van der Waals surface area contributed by atoms with Gasteiger partial charge in [0.15, 0.2) is 0 Å². The van der Waals surface area contributed by atoms with Crippen molar-refractivity contribution >= 4 is 23.3 Å². The zero-order chi connectivity index (χ0) is 23.4. The predicted octanol–water partition coefficient (Wildman–Crippen LogP) is 3.28. The minimum Gasteiger partial charge on any atom is -0.465 e. The maximum absolute atomic E-state index is 13.5. The van der Waals surface area contributed by atoms with Crippen LogP contribution in [-0.2, 0) is 9.53 Å². The first-order valence-corrected chi connectivity index (χ1v) is 10.8. The number of nitrogens with zero attached hydrogens (tertiary/aromatic N) is 5. The molecule has 0 aliphatic carbocycles. The number of nitrogens with one attached hydrogen (secondary N) is 1. The molecule has 2 heterocycles. The Hall–Kier alpha value is -3.53. The molecule has 1 aromatic heterocycles. The van der Waals surface area contributed by atoms with E-state index in [9.17, 15) is 13.6 Å². The van der Waals surface area contributed by atoms with Crippen molar-refractivity contribution in [3.05, 3.63) is 59.9 Å². The van der Waals surface area contributed by atoms with Crippen LogP contribution in [0.15, 0.2) is 42.7 Å². The maximum atomic E-state index is 13.5. The first-order chi connectivity index (χ1) is 15.9. The van der Waals surface area contributed by atoms with Gasteiger partial charge in [0.2, 0.25) is 5.95 Å². The number of hydrogen-bond donors (Lipinski definition) is 1. The van der Waals surface area contributed by atoms with Crippen molar-refractivity contribution in [2.24, 2.45) is 0 Å². The largest absolute Gasteiger partial charge is 0.465 e. The summed E-state index contributed by atoms with van der Waals surface area (Å²) in [7, 11) is 0. The molecule has 10 heteroatoms. The van der Waals surface area contributed by atoms with Gasteiger partial charge < -0.3 is 15.0 Å². The molecule has 0 bridgehead atoms. The van der Waals surface area contributed by atoms with E-state index < -0.39 is 11.6 Å². The second-order valence-electron chi connectivity index (χ2n) is 7.89. The molecule has 0 unspecified atom stereocenters. The zero-order valence-electron chi connectivity index (χ0n) is 18.6. The molecule has 1 aliphatic heterocycles. The smallest absolute Gasteiger partial charge is 0.320 e. The Morgan fingerprint density at radius 2 is 1.76 bits per heavy atom. The van der Waals surface area contributed by atoms with Crippen molar-refractivity contribution in [1.82, 2.24) is 19.7 Å². The topological polar surface area (TPSA) is 75.5 Å². The molecular weight excluding hydrogens is 430 g/mol. The molecule has 1 aliphatic rings. The fourth-order valence-electron chi connectivity index (χ4n) is 3.82. The molecule has 174 valence electrons. The van der Waals surface area contributed by atoms with Gasteiger partial charge in [-0.3, -0.25) is 9.69 Å². The molecule has 33 heavy (non-hydrogen) atoms. The van der Waals surface area contributed by atoms with Crippen LogP contribution in [0.2, 0.25) is 0 Å². The summed E-state index contributed by atoms with van der Waals surface area (Å²) in [5.74, 6) is -1.24. The van der Waals surface area contributed by atoms with Crippen LogP contribution in [-0.4, -0.2) is 65.0 Å². The number of rotatable bonds is 7. The Morgan fingerprint density at radius 3 is 2.45 bits per heavy atom. The number of aryl methyl sites for hydroxylation is 1. The number of halogens is 2. The van der Waals surface area contributed by atoms with Crippen molar-refractivity contribution in [2.75, 3.05) is 49.5 Å². The number of piperazine rings is 1. The Bertz CT molecular complexity index is 1110. The molecule has 0 amide bonds. The van der Waals surface area contributed by atoms with E-state index in [4.69, 9.17) is 4.74 Å². The first-order valence-electron chi connectivity index (χ1n) is 10.8. The minimum atomic E-state index is -0.680. The Morgan fingerprint density at radius 1 is 1.03 bits per heavy atom. The van der Waals surface area contributed by atoms with Gasteiger partial charge in [-0.25, -0.2) is 13.5 Å². The first kappa shape index (κ1) is 22.7. The maximum Gasteiger partial charge on any atom is 0.320 e. The number of carbonyl (C=O) groups excluding carboxylic acids is 1. The van der Waals surface area contributed by atoms with Crippen LogP contribution in [0.5, 0.6) is 0 Å². The Labute approximate surface area is 190 Å². The van der Waals surface area contributed by atoms with Gasteiger partial charge >= 0.3 is 5.97 Å². The van der Waals surface area contributed by atoms with Gasteiger partial charge in [0.1, 0.15) is 18.0 Å². The number of anilines is 3. The van der Waals surface area contributed by atoms with E-state index in [0.717, 1.165) is 49.2 Å². The summed E-state index contributed by atoms with van der Waals surface area (Å²) in [5.41, 5.74) is 3.18.